The number of carbonyl (C=O) groups excluding carboxylic acids is 1. The number of hydrogen-bond donors (Lipinski definition) is 2. The van der Waals surface area contributed by atoms with Crippen molar-refractivity contribution in [2.24, 2.45) is 0 Å². The van der Waals surface area contributed by atoms with Crippen molar-refractivity contribution >= 4 is 5.91 Å². The van der Waals surface area contributed by atoms with Crippen molar-refractivity contribution in [1.29, 1.82) is 0 Å². The predicted octanol–water partition coefficient (Wildman–Crippen LogP) is 0.187. The highest BCUT2D eigenvalue weighted by molar-refractivity contribution is 5.76. The zero-order chi connectivity index (χ0) is 16.5. The molecule has 0 rings (SSSR count). The smallest absolute Gasteiger partial charge is 0.221 e. The molecular weight excluding hydrogens is 288 g/mol. The molecule has 7 nitrogen and oxygen atoms in total. The third-order valence-corrected chi connectivity index (χ3v) is 2.87. The van der Waals surface area contributed by atoms with Crippen molar-refractivity contribution < 1.29 is 23.7 Å². The van der Waals surface area contributed by atoms with E-state index < -0.39 is 0 Å². The molecule has 0 aromatic heterocycles. The number of rotatable bonds is 16. The van der Waals surface area contributed by atoms with Gasteiger partial charge in [0.1, 0.15) is 0 Å². The number of ether oxygens (including phenoxy) is 4. The molecule has 0 saturated carbocycles. The normalized spacial score (nSPS) is 12.3. The topological polar surface area (TPSA) is 78.1 Å². The molecule has 1 amide bonds. The molecule has 0 aliphatic carbocycles. The number of nitrogens with one attached hydrogen (secondary N) is 2. The van der Waals surface area contributed by atoms with Gasteiger partial charge in [0.2, 0.25) is 5.91 Å². The van der Waals surface area contributed by atoms with Crippen LogP contribution >= 0.6 is 0 Å². The lowest BCUT2D eigenvalue weighted by Crippen LogP contribution is -2.33. The van der Waals surface area contributed by atoms with Gasteiger partial charge in [-0.2, -0.15) is 0 Å². The van der Waals surface area contributed by atoms with E-state index in [0.717, 1.165) is 0 Å². The van der Waals surface area contributed by atoms with E-state index in [1.165, 1.54) is 0 Å². The van der Waals surface area contributed by atoms with Gasteiger partial charge in [-0.3, -0.25) is 4.79 Å². The van der Waals surface area contributed by atoms with Gasteiger partial charge < -0.3 is 29.6 Å². The molecule has 0 bridgehead atoms. The van der Waals surface area contributed by atoms with E-state index in [4.69, 9.17) is 18.9 Å². The highest BCUT2D eigenvalue weighted by atomic mass is 16.6. The molecule has 0 heterocycles. The summed E-state index contributed by atoms with van der Waals surface area (Å²) >= 11 is 0. The molecule has 0 aromatic carbocycles. The van der Waals surface area contributed by atoms with Gasteiger partial charge >= 0.3 is 0 Å². The summed E-state index contributed by atoms with van der Waals surface area (Å²) in [5.74, 6) is 0.0332. The van der Waals surface area contributed by atoms with Crippen LogP contribution < -0.4 is 10.6 Å². The summed E-state index contributed by atoms with van der Waals surface area (Å²) in [7, 11) is 1.84. The van der Waals surface area contributed by atoms with Crippen molar-refractivity contribution in [2.45, 2.75) is 26.3 Å². The third-order valence-electron chi connectivity index (χ3n) is 2.87. The lowest BCUT2D eigenvalue weighted by atomic mass is 10.2. The summed E-state index contributed by atoms with van der Waals surface area (Å²) in [6, 6.07) is 0.185. The van der Waals surface area contributed by atoms with E-state index in [0.29, 0.717) is 65.8 Å². The second kappa shape index (κ2) is 16.6. The molecule has 2 N–H and O–H groups in total. The lowest BCUT2D eigenvalue weighted by Gasteiger charge is -2.10. The summed E-state index contributed by atoms with van der Waals surface area (Å²) in [4.78, 5) is 11.5. The SMILES string of the molecule is CCOCCOCCOCCOCCNC(=O)C[C@@H](C)NC. The van der Waals surface area contributed by atoms with Gasteiger partial charge in [0, 0.05) is 25.6 Å². The Morgan fingerprint density at radius 3 is 1.91 bits per heavy atom. The molecule has 7 heteroatoms. The van der Waals surface area contributed by atoms with Gasteiger partial charge in [0.05, 0.1) is 46.2 Å². The first-order valence-corrected chi connectivity index (χ1v) is 7.95. The fourth-order valence-corrected chi connectivity index (χ4v) is 1.52. The van der Waals surface area contributed by atoms with Gasteiger partial charge in [0.15, 0.2) is 0 Å². The number of hydrogen-bond acceptors (Lipinski definition) is 6. The van der Waals surface area contributed by atoms with E-state index in [-0.39, 0.29) is 11.9 Å². The molecule has 132 valence electrons. The third kappa shape index (κ3) is 15.7. The van der Waals surface area contributed by atoms with Gasteiger partial charge in [0.25, 0.3) is 0 Å². The molecule has 22 heavy (non-hydrogen) atoms. The maximum Gasteiger partial charge on any atom is 0.221 e. The van der Waals surface area contributed by atoms with Crippen LogP contribution in [0.3, 0.4) is 0 Å². The van der Waals surface area contributed by atoms with Crippen LogP contribution in [0.25, 0.3) is 0 Å². The molecular formula is C15H32N2O5. The van der Waals surface area contributed by atoms with Crippen LogP contribution in [0.1, 0.15) is 20.3 Å². The zero-order valence-corrected chi connectivity index (χ0v) is 14.2. The Balaban J connectivity index is 3.12. The molecule has 0 spiro atoms. The quantitative estimate of drug-likeness (QED) is 0.395. The van der Waals surface area contributed by atoms with E-state index in [9.17, 15) is 4.79 Å². The van der Waals surface area contributed by atoms with Crippen LogP contribution in [0.2, 0.25) is 0 Å². The van der Waals surface area contributed by atoms with Crippen LogP contribution in [-0.2, 0) is 23.7 Å². The van der Waals surface area contributed by atoms with Gasteiger partial charge in [-0.1, -0.05) is 0 Å². The summed E-state index contributed by atoms with van der Waals surface area (Å²) < 4.78 is 21.2. The first-order chi connectivity index (χ1) is 10.7. The molecule has 1 atom stereocenters. The molecule has 0 fully saturated rings. The van der Waals surface area contributed by atoms with Crippen LogP contribution in [-0.4, -0.2) is 78.4 Å². The lowest BCUT2D eigenvalue weighted by molar-refractivity contribution is -0.121. The minimum Gasteiger partial charge on any atom is -0.379 e. The Bertz CT molecular complexity index is 254. The molecule has 0 unspecified atom stereocenters. The van der Waals surface area contributed by atoms with Crippen molar-refractivity contribution in [3.8, 4) is 0 Å². The first kappa shape index (κ1) is 21.3. The average Bonchev–Trinajstić information content (AvgIpc) is 2.51. The first-order valence-electron chi connectivity index (χ1n) is 7.95. The monoisotopic (exact) mass is 320 g/mol. The van der Waals surface area contributed by atoms with E-state index in [2.05, 4.69) is 10.6 Å². The fourth-order valence-electron chi connectivity index (χ4n) is 1.52. The molecule has 0 saturated heterocycles. The molecule has 0 radical (unpaired) electrons. The van der Waals surface area contributed by atoms with Gasteiger partial charge in [-0.25, -0.2) is 0 Å². The molecule has 0 aliphatic heterocycles. The Kier molecular flexibility index (Phi) is 16.1. The molecule has 0 aromatic rings. The fraction of sp³-hybridized carbons (Fsp3) is 0.933. The Hall–Kier alpha value is -0.730. The van der Waals surface area contributed by atoms with Crippen LogP contribution in [0.4, 0.5) is 0 Å². The Labute approximate surface area is 134 Å². The van der Waals surface area contributed by atoms with E-state index in [1.54, 1.807) is 0 Å². The standard InChI is InChI=1S/C15H32N2O5/c1-4-19-7-8-21-11-12-22-10-9-20-6-5-17-15(18)13-14(2)16-3/h14,16H,4-13H2,1-3H3,(H,17,18)/t14-/m1/s1. The van der Waals surface area contributed by atoms with Gasteiger partial charge in [-0.05, 0) is 20.9 Å². The highest BCUT2D eigenvalue weighted by Crippen LogP contribution is 1.88. The number of amides is 1. The van der Waals surface area contributed by atoms with E-state index in [1.807, 2.05) is 20.9 Å². The maximum atomic E-state index is 11.5. The average molecular weight is 320 g/mol. The zero-order valence-electron chi connectivity index (χ0n) is 14.2. The summed E-state index contributed by atoms with van der Waals surface area (Å²) in [5.41, 5.74) is 0. The van der Waals surface area contributed by atoms with E-state index >= 15 is 0 Å². The van der Waals surface area contributed by atoms with Crippen molar-refractivity contribution in [1.82, 2.24) is 10.6 Å². The second-order valence-electron chi connectivity index (χ2n) is 4.78. The van der Waals surface area contributed by atoms with Crippen LogP contribution in [0.15, 0.2) is 0 Å². The summed E-state index contributed by atoms with van der Waals surface area (Å²) in [5, 5.41) is 5.83. The summed E-state index contributed by atoms with van der Waals surface area (Å²) in [6.45, 7) is 9.03. The largest absolute Gasteiger partial charge is 0.379 e. The van der Waals surface area contributed by atoms with Crippen molar-refractivity contribution in [3.63, 3.8) is 0 Å². The van der Waals surface area contributed by atoms with Gasteiger partial charge in [-0.15, -0.1) is 0 Å². The highest BCUT2D eigenvalue weighted by Gasteiger charge is 2.05. The Morgan fingerprint density at radius 1 is 0.909 bits per heavy atom. The predicted molar refractivity (Wildman–Crippen MR) is 85.1 cm³/mol. The maximum absolute atomic E-state index is 11.5. The minimum atomic E-state index is 0.0332. The Morgan fingerprint density at radius 2 is 1.41 bits per heavy atom. The summed E-state index contributed by atoms with van der Waals surface area (Å²) in [6.07, 6.45) is 0.475. The minimum absolute atomic E-state index is 0.0332. The second-order valence-corrected chi connectivity index (χ2v) is 4.78. The van der Waals surface area contributed by atoms with Crippen molar-refractivity contribution in [2.75, 3.05) is 66.4 Å². The van der Waals surface area contributed by atoms with Crippen molar-refractivity contribution in [3.05, 3.63) is 0 Å². The van der Waals surface area contributed by atoms with Crippen LogP contribution in [0.5, 0.6) is 0 Å². The number of carbonyl (C=O) groups is 1. The van der Waals surface area contributed by atoms with Crippen LogP contribution in [0, 0.1) is 0 Å². The molecule has 0 aliphatic rings.